The summed E-state index contributed by atoms with van der Waals surface area (Å²) in [6.45, 7) is 0. The van der Waals surface area contributed by atoms with Crippen LogP contribution in [0.2, 0.25) is 0 Å². The van der Waals surface area contributed by atoms with Crippen molar-refractivity contribution < 1.29 is 0 Å². The first-order chi connectivity index (χ1) is 28.8. The number of fused-ring (bicyclic) bond motifs is 12. The fourth-order valence-corrected chi connectivity index (χ4v) is 9.98. The lowest BCUT2D eigenvalue weighted by Gasteiger charge is -2.19. The van der Waals surface area contributed by atoms with E-state index in [1.807, 2.05) is 0 Å². The number of aromatic amines is 4. The Morgan fingerprint density at radius 3 is 1.24 bits per heavy atom. The average Bonchev–Trinajstić information content (AvgIpc) is 4.06. The number of hydrogen-bond acceptors (Lipinski definition) is 0. The van der Waals surface area contributed by atoms with Crippen LogP contribution < -0.4 is 0 Å². The Hall–Kier alpha value is -7.82. The summed E-state index contributed by atoms with van der Waals surface area (Å²) in [6.07, 6.45) is 0. The predicted octanol–water partition coefficient (Wildman–Crippen LogP) is 14.9. The fourth-order valence-electron chi connectivity index (χ4n) is 9.98. The number of aromatic nitrogens is 4. The maximum atomic E-state index is 4.04. The Balaban J connectivity index is 1.23. The van der Waals surface area contributed by atoms with Crippen LogP contribution in [0.15, 0.2) is 182 Å². The molecule has 0 spiro atoms. The van der Waals surface area contributed by atoms with Gasteiger partial charge in [-0.3, -0.25) is 0 Å². The highest BCUT2D eigenvalue weighted by atomic mass is 14.7. The molecule has 0 radical (unpaired) electrons. The van der Waals surface area contributed by atoms with E-state index in [1.54, 1.807) is 0 Å². The van der Waals surface area contributed by atoms with Crippen molar-refractivity contribution in [3.63, 3.8) is 0 Å². The Morgan fingerprint density at radius 2 is 0.655 bits per heavy atom. The fraction of sp³-hybridized carbons (Fsp3) is 0. The molecule has 0 saturated carbocycles. The molecule has 0 fully saturated rings. The van der Waals surface area contributed by atoms with Gasteiger partial charge in [0, 0.05) is 87.4 Å². The van der Waals surface area contributed by atoms with Gasteiger partial charge in [-0.1, -0.05) is 152 Å². The molecule has 9 aromatic carbocycles. The molecule has 0 aliphatic carbocycles. The highest BCUT2D eigenvalue weighted by Gasteiger charge is 2.26. The Kier molecular flexibility index (Phi) is 6.41. The summed E-state index contributed by atoms with van der Waals surface area (Å²) in [4.78, 5) is 15.6. The summed E-state index contributed by atoms with van der Waals surface area (Å²) in [5, 5.41) is 9.74. The first-order valence-electron chi connectivity index (χ1n) is 19.9. The van der Waals surface area contributed by atoms with Crippen LogP contribution in [-0.2, 0) is 0 Å². The molecule has 0 amide bonds. The van der Waals surface area contributed by atoms with E-state index < -0.39 is 0 Å². The number of benzene rings is 9. The summed E-state index contributed by atoms with van der Waals surface area (Å²) in [7, 11) is 0. The lowest BCUT2D eigenvalue weighted by atomic mass is 9.84. The van der Waals surface area contributed by atoms with Crippen molar-refractivity contribution in [1.29, 1.82) is 0 Å². The lowest BCUT2D eigenvalue weighted by Crippen LogP contribution is -1.94. The van der Waals surface area contributed by atoms with Crippen LogP contribution in [0, 0.1) is 0 Å². The molecule has 0 aliphatic rings. The zero-order valence-corrected chi connectivity index (χ0v) is 31.3. The van der Waals surface area contributed by atoms with E-state index in [9.17, 15) is 0 Å². The molecule has 270 valence electrons. The lowest BCUT2D eigenvalue weighted by molar-refractivity contribution is 1.50. The van der Waals surface area contributed by atoms with E-state index in [-0.39, 0.29) is 0 Å². The third-order valence-corrected chi connectivity index (χ3v) is 12.5. The zero-order chi connectivity index (χ0) is 37.9. The second kappa shape index (κ2) is 11.8. The average molecular weight is 739 g/mol. The van der Waals surface area contributed by atoms with E-state index in [0.29, 0.717) is 0 Å². The van der Waals surface area contributed by atoms with E-state index in [2.05, 4.69) is 202 Å². The number of H-pyrrole nitrogens is 4. The van der Waals surface area contributed by atoms with Crippen molar-refractivity contribution >= 4 is 87.2 Å². The summed E-state index contributed by atoms with van der Waals surface area (Å²) >= 11 is 0. The molecule has 13 rings (SSSR count). The second-order valence-electron chi connectivity index (χ2n) is 15.5. The van der Waals surface area contributed by atoms with Gasteiger partial charge in [-0.2, -0.15) is 0 Å². The third-order valence-electron chi connectivity index (χ3n) is 12.5. The SMILES string of the molecule is c1ccc(-c2c(-c3cccc4c3[nH]c3ccccc34)cc3c([nH]c4cccc(-c5cccc6c5[nH]c5ccccc56)c43)c2-c2cccc3c2[nH]c2ccccc23)cc1. The molecular weight excluding hydrogens is 705 g/mol. The maximum Gasteiger partial charge on any atom is 0.0552 e. The van der Waals surface area contributed by atoms with Crippen LogP contribution in [-0.4, -0.2) is 19.9 Å². The van der Waals surface area contributed by atoms with E-state index in [1.165, 1.54) is 76.5 Å². The molecule has 58 heavy (non-hydrogen) atoms. The number of hydrogen-bond donors (Lipinski definition) is 4. The minimum atomic E-state index is 1.10. The Labute approximate surface area is 332 Å². The van der Waals surface area contributed by atoms with Crippen LogP contribution in [0.3, 0.4) is 0 Å². The first-order valence-corrected chi connectivity index (χ1v) is 19.9. The molecule has 0 aliphatic heterocycles. The van der Waals surface area contributed by atoms with Gasteiger partial charge in [0.1, 0.15) is 0 Å². The van der Waals surface area contributed by atoms with Crippen LogP contribution >= 0.6 is 0 Å². The largest absolute Gasteiger partial charge is 0.354 e. The first kappa shape index (κ1) is 31.4. The molecule has 4 nitrogen and oxygen atoms in total. The molecule has 0 bridgehead atoms. The van der Waals surface area contributed by atoms with E-state index >= 15 is 0 Å². The number of rotatable bonds is 4. The highest BCUT2D eigenvalue weighted by Crippen LogP contribution is 2.51. The molecular formula is C54H34N4. The summed E-state index contributed by atoms with van der Waals surface area (Å²) in [5.41, 5.74) is 18.5. The Morgan fingerprint density at radius 1 is 0.241 bits per heavy atom. The molecule has 0 atom stereocenters. The maximum absolute atomic E-state index is 4.04. The van der Waals surface area contributed by atoms with Gasteiger partial charge in [0.2, 0.25) is 0 Å². The molecule has 13 aromatic rings. The zero-order valence-electron chi connectivity index (χ0n) is 31.3. The van der Waals surface area contributed by atoms with Gasteiger partial charge in [-0.05, 0) is 52.6 Å². The summed E-state index contributed by atoms with van der Waals surface area (Å²) in [6, 6.07) is 66.2. The molecule has 4 heteroatoms. The van der Waals surface area contributed by atoms with Crippen molar-refractivity contribution in [3.8, 4) is 44.5 Å². The third kappa shape index (κ3) is 4.34. The van der Waals surface area contributed by atoms with Crippen LogP contribution in [0.1, 0.15) is 0 Å². The standard InChI is InChI=1S/C54H34N4/c1-2-14-31(15-3-1)48-42(40-24-11-21-37-33-17-5-8-27-45(33)56-52(37)40)30-43-49-35(39-23-10-20-36-32-16-4-7-26-44(32)55-51(36)39)19-13-29-47(49)58-54(43)50(48)41-25-12-22-38-34-18-6-9-28-46(34)57-53(38)41/h1-30,55-58H. The monoisotopic (exact) mass is 738 g/mol. The van der Waals surface area contributed by atoms with E-state index in [4.69, 9.17) is 0 Å². The van der Waals surface area contributed by atoms with Gasteiger partial charge < -0.3 is 19.9 Å². The van der Waals surface area contributed by atoms with Crippen molar-refractivity contribution in [2.45, 2.75) is 0 Å². The normalized spacial score (nSPS) is 12.1. The van der Waals surface area contributed by atoms with Crippen molar-refractivity contribution in [3.05, 3.63) is 182 Å². The minimum Gasteiger partial charge on any atom is -0.354 e. The van der Waals surface area contributed by atoms with Crippen LogP contribution in [0.5, 0.6) is 0 Å². The van der Waals surface area contributed by atoms with Gasteiger partial charge in [-0.25, -0.2) is 0 Å². The van der Waals surface area contributed by atoms with Crippen molar-refractivity contribution in [1.82, 2.24) is 19.9 Å². The van der Waals surface area contributed by atoms with Gasteiger partial charge in [0.25, 0.3) is 0 Å². The minimum absolute atomic E-state index is 1.10. The number of para-hydroxylation sites is 6. The van der Waals surface area contributed by atoms with Crippen molar-refractivity contribution in [2.24, 2.45) is 0 Å². The number of nitrogens with one attached hydrogen (secondary N) is 4. The van der Waals surface area contributed by atoms with Gasteiger partial charge in [-0.15, -0.1) is 0 Å². The molecule has 4 aromatic heterocycles. The topological polar surface area (TPSA) is 63.2 Å². The summed E-state index contributed by atoms with van der Waals surface area (Å²) in [5.74, 6) is 0. The van der Waals surface area contributed by atoms with Crippen LogP contribution in [0.4, 0.5) is 0 Å². The van der Waals surface area contributed by atoms with Crippen molar-refractivity contribution in [2.75, 3.05) is 0 Å². The molecule has 0 unspecified atom stereocenters. The van der Waals surface area contributed by atoms with Crippen LogP contribution in [0.25, 0.3) is 132 Å². The van der Waals surface area contributed by atoms with Gasteiger partial charge >= 0.3 is 0 Å². The van der Waals surface area contributed by atoms with Gasteiger partial charge in [0.05, 0.1) is 22.1 Å². The highest BCUT2D eigenvalue weighted by molar-refractivity contribution is 6.26. The van der Waals surface area contributed by atoms with Gasteiger partial charge in [0.15, 0.2) is 0 Å². The molecule has 4 N–H and O–H groups in total. The van der Waals surface area contributed by atoms with E-state index in [0.717, 1.165) is 55.3 Å². The predicted molar refractivity (Wildman–Crippen MR) is 246 cm³/mol. The summed E-state index contributed by atoms with van der Waals surface area (Å²) < 4.78 is 0. The molecule has 0 saturated heterocycles. The molecule has 4 heterocycles. The second-order valence-corrected chi connectivity index (χ2v) is 15.5. The quantitative estimate of drug-likeness (QED) is 0.139. The smallest absolute Gasteiger partial charge is 0.0552 e. The Bertz CT molecular complexity index is 3800.